The third-order valence-electron chi connectivity index (χ3n) is 2.30. The summed E-state index contributed by atoms with van der Waals surface area (Å²) in [6.45, 7) is 0. The summed E-state index contributed by atoms with van der Waals surface area (Å²) in [6, 6.07) is 12.1. The lowest BCUT2D eigenvalue weighted by Crippen LogP contribution is -1.93. The van der Waals surface area contributed by atoms with Gasteiger partial charge in [-0.05, 0) is 18.2 Å². The molecule has 2 aromatic heterocycles. The summed E-state index contributed by atoms with van der Waals surface area (Å²) < 4.78 is 1.84. The number of nitrogens with zero attached hydrogens (tertiary/aromatic N) is 3. The van der Waals surface area contributed by atoms with Gasteiger partial charge in [-0.2, -0.15) is 0 Å². The van der Waals surface area contributed by atoms with Gasteiger partial charge in [0.15, 0.2) is 0 Å². The summed E-state index contributed by atoms with van der Waals surface area (Å²) in [5.41, 5.74) is 0.990. The Morgan fingerprint density at radius 3 is 2.87 bits per heavy atom. The molecule has 0 aliphatic heterocycles. The molecular formula is C12H8N3. The summed E-state index contributed by atoms with van der Waals surface area (Å²) in [5.74, 6) is 0.863. The lowest BCUT2D eigenvalue weighted by Gasteiger charge is -2.02. The maximum absolute atomic E-state index is 4.52. The average Bonchev–Trinajstić information content (AvgIpc) is 2.82. The number of hydrogen-bond donors (Lipinski definition) is 0. The number of para-hydroxylation sites is 1. The maximum Gasteiger partial charge on any atom is 0.138 e. The number of rotatable bonds is 1. The molecule has 3 heteroatoms. The minimum atomic E-state index is 0.863. The first-order valence-corrected chi connectivity index (χ1v) is 4.70. The van der Waals surface area contributed by atoms with E-state index in [4.69, 9.17) is 0 Å². The van der Waals surface area contributed by atoms with Crippen molar-refractivity contribution in [3.63, 3.8) is 0 Å². The van der Waals surface area contributed by atoms with E-state index >= 15 is 0 Å². The van der Waals surface area contributed by atoms with E-state index in [1.54, 1.807) is 12.5 Å². The van der Waals surface area contributed by atoms with Gasteiger partial charge < -0.3 is 0 Å². The fourth-order valence-electron chi connectivity index (χ4n) is 1.55. The van der Waals surface area contributed by atoms with Crippen LogP contribution in [0.1, 0.15) is 0 Å². The van der Waals surface area contributed by atoms with Gasteiger partial charge in [-0.1, -0.05) is 18.2 Å². The first kappa shape index (κ1) is 8.17. The van der Waals surface area contributed by atoms with Crippen molar-refractivity contribution in [2.24, 2.45) is 0 Å². The molecular weight excluding hydrogens is 186 g/mol. The largest absolute Gasteiger partial charge is 0.290 e. The highest BCUT2D eigenvalue weighted by Gasteiger charge is 1.98. The molecule has 0 fully saturated rings. The summed E-state index contributed by atoms with van der Waals surface area (Å²) >= 11 is 0. The zero-order chi connectivity index (χ0) is 10.1. The van der Waals surface area contributed by atoms with Crippen molar-refractivity contribution in [2.75, 3.05) is 0 Å². The van der Waals surface area contributed by atoms with E-state index in [0.29, 0.717) is 0 Å². The highest BCUT2D eigenvalue weighted by Crippen LogP contribution is 2.13. The van der Waals surface area contributed by atoms with E-state index in [-0.39, 0.29) is 0 Å². The van der Waals surface area contributed by atoms with Crippen LogP contribution in [0.2, 0.25) is 0 Å². The quantitative estimate of drug-likeness (QED) is 0.594. The Morgan fingerprint density at radius 2 is 2.00 bits per heavy atom. The van der Waals surface area contributed by atoms with Gasteiger partial charge in [-0.3, -0.25) is 4.57 Å². The molecule has 0 aliphatic rings. The summed E-state index contributed by atoms with van der Waals surface area (Å²) in [7, 11) is 0. The van der Waals surface area contributed by atoms with Crippen LogP contribution in [0.25, 0.3) is 16.7 Å². The van der Waals surface area contributed by atoms with Crippen LogP contribution in [0.4, 0.5) is 0 Å². The van der Waals surface area contributed by atoms with Crippen LogP contribution in [0, 0.1) is 6.20 Å². The molecule has 2 heterocycles. The number of pyridine rings is 1. The minimum Gasteiger partial charge on any atom is -0.290 e. The molecule has 0 amide bonds. The molecule has 0 unspecified atom stereocenters. The Kier molecular flexibility index (Phi) is 1.75. The van der Waals surface area contributed by atoms with Crippen LogP contribution < -0.4 is 0 Å². The second-order valence-electron chi connectivity index (χ2n) is 3.27. The van der Waals surface area contributed by atoms with Crippen LogP contribution >= 0.6 is 0 Å². The molecule has 1 radical (unpaired) electrons. The zero-order valence-corrected chi connectivity index (χ0v) is 7.96. The number of fused-ring (bicyclic) bond motifs is 1. The van der Waals surface area contributed by atoms with E-state index in [2.05, 4.69) is 22.2 Å². The third-order valence-corrected chi connectivity index (χ3v) is 2.30. The van der Waals surface area contributed by atoms with Crippen LogP contribution in [-0.2, 0) is 0 Å². The van der Waals surface area contributed by atoms with Gasteiger partial charge in [0.1, 0.15) is 18.3 Å². The molecule has 3 aromatic rings. The first-order chi connectivity index (χ1) is 7.43. The van der Waals surface area contributed by atoms with Gasteiger partial charge in [-0.15, -0.1) is 0 Å². The van der Waals surface area contributed by atoms with Crippen molar-refractivity contribution in [2.45, 2.75) is 0 Å². The van der Waals surface area contributed by atoms with Gasteiger partial charge in [0.05, 0.1) is 5.52 Å². The average molecular weight is 194 g/mol. The van der Waals surface area contributed by atoms with Crippen LogP contribution in [0.3, 0.4) is 0 Å². The number of aromatic nitrogens is 3. The van der Waals surface area contributed by atoms with E-state index in [0.717, 1.165) is 16.7 Å². The molecule has 0 atom stereocenters. The fourth-order valence-corrected chi connectivity index (χ4v) is 1.55. The minimum absolute atomic E-state index is 0.863. The van der Waals surface area contributed by atoms with Gasteiger partial charge in [-0.25, -0.2) is 9.97 Å². The SMILES string of the molecule is [c]1cn(-c2ccc3ccccc3n2)cn1. The third kappa shape index (κ3) is 1.38. The lowest BCUT2D eigenvalue weighted by molar-refractivity contribution is 1.01. The molecule has 0 saturated heterocycles. The second-order valence-corrected chi connectivity index (χ2v) is 3.27. The monoisotopic (exact) mass is 194 g/mol. The van der Waals surface area contributed by atoms with E-state index in [1.165, 1.54) is 0 Å². The molecule has 0 saturated carbocycles. The Bertz CT molecular complexity index is 585. The summed E-state index contributed by atoms with van der Waals surface area (Å²) in [5, 5.41) is 1.14. The van der Waals surface area contributed by atoms with E-state index < -0.39 is 0 Å². The van der Waals surface area contributed by atoms with E-state index in [1.807, 2.05) is 34.9 Å². The van der Waals surface area contributed by atoms with Crippen LogP contribution in [0.15, 0.2) is 48.9 Å². The highest BCUT2D eigenvalue weighted by molar-refractivity contribution is 5.79. The predicted molar refractivity (Wildman–Crippen MR) is 57.7 cm³/mol. The Balaban J connectivity index is 2.22. The Labute approximate surface area is 87.0 Å². The van der Waals surface area contributed by atoms with Crippen molar-refractivity contribution in [1.82, 2.24) is 14.5 Å². The first-order valence-electron chi connectivity index (χ1n) is 4.70. The van der Waals surface area contributed by atoms with Crippen LogP contribution in [-0.4, -0.2) is 14.5 Å². The molecule has 0 spiro atoms. The summed E-state index contributed by atoms with van der Waals surface area (Å²) in [4.78, 5) is 8.40. The normalized spacial score (nSPS) is 10.7. The molecule has 0 bridgehead atoms. The Morgan fingerprint density at radius 1 is 1.07 bits per heavy atom. The smallest absolute Gasteiger partial charge is 0.138 e. The second kappa shape index (κ2) is 3.20. The van der Waals surface area contributed by atoms with Crippen molar-refractivity contribution in [3.8, 4) is 5.82 Å². The summed E-state index contributed by atoms with van der Waals surface area (Å²) in [6.07, 6.45) is 6.20. The molecule has 0 aliphatic carbocycles. The maximum atomic E-state index is 4.52. The topological polar surface area (TPSA) is 30.7 Å². The molecule has 1 aromatic carbocycles. The van der Waals surface area contributed by atoms with Gasteiger partial charge in [0.25, 0.3) is 0 Å². The standard InChI is InChI=1S/C12H8N3/c1-2-4-11-10(3-1)5-6-12(14-11)15-8-7-13-9-15/h1-6,8-9H. The van der Waals surface area contributed by atoms with Crippen molar-refractivity contribution < 1.29 is 0 Å². The van der Waals surface area contributed by atoms with Crippen molar-refractivity contribution in [1.29, 1.82) is 0 Å². The molecule has 3 rings (SSSR count). The van der Waals surface area contributed by atoms with Crippen LogP contribution in [0.5, 0.6) is 0 Å². The number of benzene rings is 1. The van der Waals surface area contributed by atoms with E-state index in [9.17, 15) is 0 Å². The molecule has 15 heavy (non-hydrogen) atoms. The molecule has 3 nitrogen and oxygen atoms in total. The zero-order valence-electron chi connectivity index (χ0n) is 7.96. The lowest BCUT2D eigenvalue weighted by atomic mass is 10.2. The fraction of sp³-hybridized carbons (Fsp3) is 0. The van der Waals surface area contributed by atoms with Gasteiger partial charge in [0.2, 0.25) is 0 Å². The number of hydrogen-bond acceptors (Lipinski definition) is 2. The van der Waals surface area contributed by atoms with Crippen molar-refractivity contribution in [3.05, 3.63) is 55.1 Å². The molecule has 0 N–H and O–H groups in total. The van der Waals surface area contributed by atoms with Crippen molar-refractivity contribution >= 4 is 10.9 Å². The predicted octanol–water partition coefficient (Wildman–Crippen LogP) is 2.22. The molecule has 71 valence electrons. The number of imidazole rings is 1. The van der Waals surface area contributed by atoms with Gasteiger partial charge >= 0.3 is 0 Å². The Hall–Kier alpha value is -2.16. The van der Waals surface area contributed by atoms with Gasteiger partial charge in [0, 0.05) is 11.6 Å². The highest BCUT2D eigenvalue weighted by atomic mass is 15.1.